The first-order valence-corrected chi connectivity index (χ1v) is 21.2. The molecule has 0 saturated heterocycles. The summed E-state index contributed by atoms with van der Waals surface area (Å²) in [5.74, 6) is -4.14. The average molecular weight is 827 g/mol. The van der Waals surface area contributed by atoms with E-state index in [2.05, 4.69) is 16.4 Å². The molecule has 58 heavy (non-hydrogen) atoms. The number of carboxylic acids is 2. The normalized spacial score (nSPS) is 16.1. The van der Waals surface area contributed by atoms with Crippen LogP contribution in [0.4, 0.5) is 0 Å². The van der Waals surface area contributed by atoms with Gasteiger partial charge in [-0.1, -0.05) is 47.5 Å². The highest BCUT2D eigenvalue weighted by Crippen LogP contribution is 2.42. The molecule has 0 aromatic heterocycles. The van der Waals surface area contributed by atoms with Gasteiger partial charge in [0.1, 0.15) is 18.9 Å². The van der Waals surface area contributed by atoms with E-state index in [4.69, 9.17) is 9.47 Å². The number of carbonyl (C=O) groups excluding carboxylic acids is 7. The van der Waals surface area contributed by atoms with E-state index in [1.165, 1.54) is 0 Å². The molecule has 336 valence electrons. The average Bonchev–Trinajstić information content (AvgIpc) is 3.12. The molecule has 0 aliphatic carbocycles. The van der Waals surface area contributed by atoms with Crippen LogP contribution in [0.1, 0.15) is 152 Å². The summed E-state index contributed by atoms with van der Waals surface area (Å²) in [7, 11) is 6.04. The second-order valence-electron chi connectivity index (χ2n) is 18.8. The van der Waals surface area contributed by atoms with Gasteiger partial charge in [-0.25, -0.2) is 0 Å². The molecular formula is C43H78N4O11. The van der Waals surface area contributed by atoms with Crippen LogP contribution in [0.15, 0.2) is 0 Å². The van der Waals surface area contributed by atoms with E-state index in [-0.39, 0.29) is 50.1 Å². The second-order valence-corrected chi connectivity index (χ2v) is 18.8. The van der Waals surface area contributed by atoms with Crippen molar-refractivity contribution in [3.8, 4) is 0 Å². The van der Waals surface area contributed by atoms with Crippen LogP contribution in [0, 0.1) is 21.7 Å². The SMILES string of the molecule is CCC(C)(CC(=O)CCCCC[C@H]([NH3+])C(=O)N[C@@H](CCCCNC(=O)C(C)(CC)CC(C)(C)C(=O)OCC[N+](C)(C)C)C(=O)[O-])CC(C)(CC)C(=O)OCCC(=O)[O-]. The maximum atomic E-state index is 13.2. The van der Waals surface area contributed by atoms with E-state index in [0.717, 1.165) is 0 Å². The zero-order valence-corrected chi connectivity index (χ0v) is 37.7. The quantitative estimate of drug-likeness (QED) is 0.0504. The number of unbranched alkanes of at least 4 members (excludes halogenated alkanes) is 3. The molecule has 15 heteroatoms. The highest BCUT2D eigenvalue weighted by atomic mass is 16.5. The number of rotatable bonds is 32. The molecule has 0 saturated carbocycles. The number of Topliss-reactive ketones (excluding diaryl/α,β-unsaturated/α-hetero) is 1. The topological polar surface area (TPSA) is 236 Å². The Kier molecular flexibility index (Phi) is 23.6. The summed E-state index contributed by atoms with van der Waals surface area (Å²) in [5, 5.41) is 28.0. The lowest BCUT2D eigenvalue weighted by Crippen LogP contribution is -2.68. The molecule has 0 aliphatic rings. The standard InChI is InChI=1S/C43H78N4O11/c1-12-41(6,30-43(8,14-3)39(56)57-26-23-34(49)50)28-31(48)20-16-15-17-21-32(44)35(51)46-33(36(52)53)22-18-19-24-45-37(54)42(7,13-2)29-40(4,5)38(55)58-27-25-47(9,10)11/h32-33H,12-30,44H2,1-11H3,(H3-,45,46,49,50,51,52,53,54)/t32-,33-,41?,42?,43?/m0/s1. The number of nitrogens with one attached hydrogen (secondary N) is 2. The lowest BCUT2D eigenvalue weighted by molar-refractivity contribution is -0.870. The molecule has 0 spiro atoms. The zero-order chi connectivity index (χ0) is 45.0. The maximum absolute atomic E-state index is 13.2. The largest absolute Gasteiger partial charge is 0.550 e. The summed E-state index contributed by atoms with van der Waals surface area (Å²) in [6.07, 6.45) is 5.94. The third kappa shape index (κ3) is 20.9. The number of aliphatic carboxylic acids is 2. The molecule has 0 fully saturated rings. The summed E-state index contributed by atoms with van der Waals surface area (Å²) >= 11 is 0. The Hall–Kier alpha value is -3.59. The van der Waals surface area contributed by atoms with E-state index in [0.29, 0.717) is 94.6 Å². The molecule has 0 rings (SSSR count). The number of amides is 2. The lowest BCUT2D eigenvalue weighted by Gasteiger charge is -2.37. The van der Waals surface area contributed by atoms with Crippen molar-refractivity contribution in [1.82, 2.24) is 10.6 Å². The molecule has 5 atom stereocenters. The molecular weight excluding hydrogens is 748 g/mol. The number of quaternary nitrogens is 2. The number of hydrogen-bond donors (Lipinski definition) is 3. The van der Waals surface area contributed by atoms with Crippen molar-refractivity contribution in [3.63, 3.8) is 0 Å². The van der Waals surface area contributed by atoms with Crippen molar-refractivity contribution in [2.75, 3.05) is 47.4 Å². The van der Waals surface area contributed by atoms with E-state index < -0.39 is 57.6 Å². The first-order chi connectivity index (χ1) is 26.7. The van der Waals surface area contributed by atoms with Gasteiger partial charge >= 0.3 is 11.9 Å². The number of carboxylic acid groups (broad SMARTS) is 2. The first kappa shape index (κ1) is 54.4. The second kappa shape index (κ2) is 25.1. The smallest absolute Gasteiger partial charge is 0.311 e. The van der Waals surface area contributed by atoms with Crippen LogP contribution in [0.25, 0.3) is 0 Å². The van der Waals surface area contributed by atoms with Crippen LogP contribution in [0.3, 0.4) is 0 Å². The molecule has 0 aliphatic heterocycles. The third-order valence-corrected chi connectivity index (χ3v) is 11.5. The van der Waals surface area contributed by atoms with Crippen molar-refractivity contribution in [1.29, 1.82) is 0 Å². The van der Waals surface area contributed by atoms with Crippen LogP contribution in [0.2, 0.25) is 0 Å². The number of likely N-dealkylation sites (N-methyl/N-ethyl adjacent to an activating group) is 1. The summed E-state index contributed by atoms with van der Waals surface area (Å²) < 4.78 is 11.4. The molecule has 0 bridgehead atoms. The van der Waals surface area contributed by atoms with Crippen LogP contribution < -0.4 is 26.6 Å². The van der Waals surface area contributed by atoms with Crippen molar-refractivity contribution >= 4 is 41.5 Å². The van der Waals surface area contributed by atoms with Gasteiger partial charge in [-0.3, -0.25) is 24.0 Å². The van der Waals surface area contributed by atoms with Crippen molar-refractivity contribution in [3.05, 3.63) is 0 Å². The van der Waals surface area contributed by atoms with Gasteiger partial charge in [0.05, 0.1) is 50.6 Å². The van der Waals surface area contributed by atoms with Crippen molar-refractivity contribution in [2.24, 2.45) is 21.7 Å². The lowest BCUT2D eigenvalue weighted by atomic mass is 9.68. The van der Waals surface area contributed by atoms with Crippen molar-refractivity contribution in [2.45, 2.75) is 164 Å². The fraction of sp³-hybridized carbons (Fsp3) is 0.837. The first-order valence-electron chi connectivity index (χ1n) is 21.2. The highest BCUT2D eigenvalue weighted by Gasteiger charge is 2.42. The molecule has 5 N–H and O–H groups in total. The van der Waals surface area contributed by atoms with Gasteiger partial charge in [0.15, 0.2) is 6.04 Å². The van der Waals surface area contributed by atoms with Gasteiger partial charge in [0, 0.05) is 43.6 Å². The fourth-order valence-electron chi connectivity index (χ4n) is 7.03. The minimum absolute atomic E-state index is 0.0698. The van der Waals surface area contributed by atoms with Crippen molar-refractivity contribution < 1.29 is 63.5 Å². The molecule has 0 radical (unpaired) electrons. The maximum Gasteiger partial charge on any atom is 0.311 e. The molecule has 0 heterocycles. The van der Waals surface area contributed by atoms with Gasteiger partial charge < -0.3 is 50.1 Å². The Bertz CT molecular complexity index is 1360. The zero-order valence-electron chi connectivity index (χ0n) is 37.7. The van der Waals surface area contributed by atoms with E-state index in [9.17, 15) is 43.8 Å². The fourth-order valence-corrected chi connectivity index (χ4v) is 7.03. The van der Waals surface area contributed by atoms with Crippen LogP contribution in [-0.4, -0.2) is 105 Å². The molecule has 15 nitrogen and oxygen atoms in total. The predicted molar refractivity (Wildman–Crippen MR) is 216 cm³/mol. The number of hydrogen-bond acceptors (Lipinski definition) is 11. The van der Waals surface area contributed by atoms with Gasteiger partial charge in [0.2, 0.25) is 5.91 Å². The molecule has 0 aromatic carbocycles. The Morgan fingerprint density at radius 3 is 1.83 bits per heavy atom. The van der Waals surface area contributed by atoms with E-state index in [1.54, 1.807) is 20.8 Å². The van der Waals surface area contributed by atoms with Crippen LogP contribution >= 0.6 is 0 Å². The number of ketones is 1. The summed E-state index contributed by atoms with van der Waals surface area (Å²) in [4.78, 5) is 87.2. The third-order valence-electron chi connectivity index (χ3n) is 11.5. The molecule has 3 unspecified atom stereocenters. The number of nitrogens with zero attached hydrogens (tertiary/aromatic N) is 1. The summed E-state index contributed by atoms with van der Waals surface area (Å²) in [6.45, 7) is 15.9. The minimum Gasteiger partial charge on any atom is -0.550 e. The Balaban J connectivity index is 4.78. The van der Waals surface area contributed by atoms with E-state index in [1.807, 2.05) is 55.8 Å². The van der Waals surface area contributed by atoms with Gasteiger partial charge in [-0.2, -0.15) is 0 Å². The summed E-state index contributed by atoms with van der Waals surface area (Å²) in [6, 6.07) is -1.90. The Labute approximate surface area is 347 Å². The van der Waals surface area contributed by atoms with Crippen LogP contribution in [0.5, 0.6) is 0 Å². The molecule has 2 amide bonds. The Morgan fingerprint density at radius 2 is 1.29 bits per heavy atom. The van der Waals surface area contributed by atoms with Gasteiger partial charge in [-0.05, 0) is 84.0 Å². The molecule has 0 aromatic rings. The van der Waals surface area contributed by atoms with Gasteiger partial charge in [0.25, 0.3) is 5.91 Å². The number of ether oxygens (including phenoxy) is 2. The highest BCUT2D eigenvalue weighted by molar-refractivity contribution is 5.85. The van der Waals surface area contributed by atoms with Crippen LogP contribution in [-0.2, 0) is 43.0 Å². The predicted octanol–water partition coefficient (Wildman–Crippen LogP) is 2.02. The van der Waals surface area contributed by atoms with Gasteiger partial charge in [-0.15, -0.1) is 0 Å². The number of carbonyl (C=O) groups is 7. The van der Waals surface area contributed by atoms with E-state index >= 15 is 0 Å². The summed E-state index contributed by atoms with van der Waals surface area (Å²) in [5.41, 5.74) is 0.897. The Morgan fingerprint density at radius 1 is 0.707 bits per heavy atom. The monoisotopic (exact) mass is 827 g/mol. The minimum atomic E-state index is -1.40. The number of esters is 2.